The third-order valence-electron chi connectivity index (χ3n) is 1.77. The summed E-state index contributed by atoms with van der Waals surface area (Å²) in [5.74, 6) is 0.758. The molecule has 60 valence electrons. The number of hydrogen-bond donors (Lipinski definition) is 1. The van der Waals surface area contributed by atoms with E-state index in [4.69, 9.17) is 5.73 Å². The van der Waals surface area contributed by atoms with E-state index in [0.717, 1.165) is 18.9 Å². The maximum absolute atomic E-state index is 5.40. The van der Waals surface area contributed by atoms with E-state index < -0.39 is 0 Å². The largest absolute Gasteiger partial charge is 0.330 e. The second-order valence-electron chi connectivity index (χ2n) is 2.63. The van der Waals surface area contributed by atoms with Gasteiger partial charge in [-0.05, 0) is 38.6 Å². The van der Waals surface area contributed by atoms with E-state index in [2.05, 4.69) is 26.0 Å². The molecule has 0 heterocycles. The number of allylic oxidation sites excluding steroid dienone is 2. The average Bonchev–Trinajstić information content (AvgIpc) is 1.98. The van der Waals surface area contributed by atoms with Crippen LogP contribution in [-0.2, 0) is 0 Å². The third kappa shape index (κ3) is 4.57. The Morgan fingerprint density at radius 2 is 2.20 bits per heavy atom. The monoisotopic (exact) mass is 141 g/mol. The highest BCUT2D eigenvalue weighted by Gasteiger charge is 1.98. The molecule has 1 atom stereocenters. The SMILES string of the molecule is C/C=C\C(CC)CCCN. The molecule has 0 aromatic rings. The molecule has 0 aliphatic carbocycles. The van der Waals surface area contributed by atoms with Crippen LogP contribution in [0.4, 0.5) is 0 Å². The molecule has 0 rings (SSSR count). The Kier molecular flexibility index (Phi) is 6.61. The van der Waals surface area contributed by atoms with E-state index in [1.807, 2.05) is 0 Å². The van der Waals surface area contributed by atoms with E-state index >= 15 is 0 Å². The van der Waals surface area contributed by atoms with Gasteiger partial charge in [-0.3, -0.25) is 0 Å². The topological polar surface area (TPSA) is 26.0 Å². The zero-order valence-corrected chi connectivity index (χ0v) is 7.14. The van der Waals surface area contributed by atoms with Gasteiger partial charge in [-0.25, -0.2) is 0 Å². The predicted molar refractivity (Wildman–Crippen MR) is 46.9 cm³/mol. The van der Waals surface area contributed by atoms with Gasteiger partial charge in [0.25, 0.3) is 0 Å². The summed E-state index contributed by atoms with van der Waals surface area (Å²) in [6.45, 7) is 5.13. The fourth-order valence-corrected chi connectivity index (χ4v) is 1.09. The molecule has 1 heteroatoms. The first kappa shape index (κ1) is 9.70. The van der Waals surface area contributed by atoms with Crippen molar-refractivity contribution in [2.45, 2.75) is 33.1 Å². The summed E-state index contributed by atoms with van der Waals surface area (Å²) in [4.78, 5) is 0. The Bertz CT molecular complexity index is 86.7. The van der Waals surface area contributed by atoms with Crippen LogP contribution in [0.5, 0.6) is 0 Å². The van der Waals surface area contributed by atoms with Gasteiger partial charge < -0.3 is 5.73 Å². The first-order valence-corrected chi connectivity index (χ1v) is 4.18. The van der Waals surface area contributed by atoms with Gasteiger partial charge in [0, 0.05) is 0 Å². The minimum absolute atomic E-state index is 0.758. The molecule has 0 amide bonds. The van der Waals surface area contributed by atoms with Crippen LogP contribution in [0.2, 0.25) is 0 Å². The molecule has 0 fully saturated rings. The summed E-state index contributed by atoms with van der Waals surface area (Å²) in [7, 11) is 0. The average molecular weight is 141 g/mol. The van der Waals surface area contributed by atoms with Gasteiger partial charge in [-0.1, -0.05) is 19.1 Å². The van der Waals surface area contributed by atoms with Crippen LogP contribution in [0.1, 0.15) is 33.1 Å². The van der Waals surface area contributed by atoms with Gasteiger partial charge in [0.1, 0.15) is 0 Å². The van der Waals surface area contributed by atoms with Crippen molar-refractivity contribution >= 4 is 0 Å². The Balaban J connectivity index is 3.39. The molecule has 0 saturated carbocycles. The smallest absolute Gasteiger partial charge is 0.00771 e. The van der Waals surface area contributed by atoms with Gasteiger partial charge in [0.05, 0.1) is 0 Å². The standard InChI is InChI=1S/C9H19N/c1-3-6-9(4-2)7-5-8-10/h3,6,9H,4-5,7-8,10H2,1-2H3/b6-3-. The lowest BCUT2D eigenvalue weighted by Crippen LogP contribution is -2.02. The lowest BCUT2D eigenvalue weighted by atomic mass is 10.00. The second-order valence-corrected chi connectivity index (χ2v) is 2.63. The first-order valence-electron chi connectivity index (χ1n) is 4.18. The predicted octanol–water partition coefficient (Wildman–Crippen LogP) is 2.33. The van der Waals surface area contributed by atoms with Crippen LogP contribution in [0.25, 0.3) is 0 Å². The summed E-state index contributed by atoms with van der Waals surface area (Å²) >= 11 is 0. The molecule has 0 aliphatic rings. The Morgan fingerprint density at radius 3 is 2.60 bits per heavy atom. The molecule has 0 bridgehead atoms. The number of hydrogen-bond acceptors (Lipinski definition) is 1. The van der Waals surface area contributed by atoms with Crippen molar-refractivity contribution in [3.05, 3.63) is 12.2 Å². The summed E-state index contributed by atoms with van der Waals surface area (Å²) < 4.78 is 0. The van der Waals surface area contributed by atoms with Crippen LogP contribution in [0.3, 0.4) is 0 Å². The highest BCUT2D eigenvalue weighted by atomic mass is 14.5. The lowest BCUT2D eigenvalue weighted by molar-refractivity contribution is 0.550. The van der Waals surface area contributed by atoms with Crippen LogP contribution >= 0.6 is 0 Å². The molecule has 0 aromatic carbocycles. The van der Waals surface area contributed by atoms with Crippen molar-refractivity contribution in [3.8, 4) is 0 Å². The minimum atomic E-state index is 0.758. The van der Waals surface area contributed by atoms with Crippen LogP contribution < -0.4 is 5.73 Å². The van der Waals surface area contributed by atoms with Gasteiger partial charge in [-0.15, -0.1) is 0 Å². The van der Waals surface area contributed by atoms with Crippen molar-refractivity contribution < 1.29 is 0 Å². The Hall–Kier alpha value is -0.300. The Labute approximate surface area is 64.3 Å². The fraction of sp³-hybridized carbons (Fsp3) is 0.778. The van der Waals surface area contributed by atoms with E-state index in [-0.39, 0.29) is 0 Å². The summed E-state index contributed by atoms with van der Waals surface area (Å²) in [5, 5.41) is 0. The maximum atomic E-state index is 5.40. The summed E-state index contributed by atoms with van der Waals surface area (Å²) in [5.41, 5.74) is 5.40. The van der Waals surface area contributed by atoms with Crippen molar-refractivity contribution in [2.75, 3.05) is 6.54 Å². The van der Waals surface area contributed by atoms with Gasteiger partial charge in [0.2, 0.25) is 0 Å². The second kappa shape index (κ2) is 6.81. The van der Waals surface area contributed by atoms with Gasteiger partial charge in [0.15, 0.2) is 0 Å². The zero-order chi connectivity index (χ0) is 7.82. The molecule has 0 radical (unpaired) electrons. The molecule has 0 spiro atoms. The molecular formula is C9H19N. The van der Waals surface area contributed by atoms with E-state index in [1.54, 1.807) is 0 Å². The van der Waals surface area contributed by atoms with E-state index in [9.17, 15) is 0 Å². The first-order chi connectivity index (χ1) is 4.85. The van der Waals surface area contributed by atoms with Gasteiger partial charge >= 0.3 is 0 Å². The van der Waals surface area contributed by atoms with Crippen molar-refractivity contribution in [1.29, 1.82) is 0 Å². The molecule has 0 aromatic heterocycles. The molecule has 1 nitrogen and oxygen atoms in total. The molecule has 2 N–H and O–H groups in total. The Morgan fingerprint density at radius 1 is 1.50 bits per heavy atom. The zero-order valence-electron chi connectivity index (χ0n) is 7.14. The van der Waals surface area contributed by atoms with Crippen LogP contribution in [-0.4, -0.2) is 6.54 Å². The normalized spacial score (nSPS) is 14.3. The highest BCUT2D eigenvalue weighted by Crippen LogP contribution is 2.11. The molecule has 0 saturated heterocycles. The van der Waals surface area contributed by atoms with Crippen LogP contribution in [0, 0.1) is 5.92 Å². The van der Waals surface area contributed by atoms with Crippen molar-refractivity contribution in [3.63, 3.8) is 0 Å². The third-order valence-corrected chi connectivity index (χ3v) is 1.77. The molecule has 10 heavy (non-hydrogen) atoms. The minimum Gasteiger partial charge on any atom is -0.330 e. The van der Waals surface area contributed by atoms with E-state index in [0.29, 0.717) is 0 Å². The van der Waals surface area contributed by atoms with Crippen molar-refractivity contribution in [2.24, 2.45) is 11.7 Å². The lowest BCUT2D eigenvalue weighted by Gasteiger charge is -2.07. The van der Waals surface area contributed by atoms with E-state index in [1.165, 1.54) is 12.8 Å². The van der Waals surface area contributed by atoms with Gasteiger partial charge in [-0.2, -0.15) is 0 Å². The quantitative estimate of drug-likeness (QED) is 0.584. The summed E-state index contributed by atoms with van der Waals surface area (Å²) in [6, 6.07) is 0. The summed E-state index contributed by atoms with van der Waals surface area (Å²) in [6.07, 6.45) is 8.05. The van der Waals surface area contributed by atoms with Crippen molar-refractivity contribution in [1.82, 2.24) is 0 Å². The highest BCUT2D eigenvalue weighted by molar-refractivity contribution is 4.84. The molecule has 0 aliphatic heterocycles. The van der Waals surface area contributed by atoms with Crippen LogP contribution in [0.15, 0.2) is 12.2 Å². The fourth-order valence-electron chi connectivity index (χ4n) is 1.09. The number of rotatable bonds is 5. The maximum Gasteiger partial charge on any atom is -0.00771 e. The number of nitrogens with two attached hydrogens (primary N) is 1. The molecule has 1 unspecified atom stereocenters. The molecular weight excluding hydrogens is 122 g/mol.